The summed E-state index contributed by atoms with van der Waals surface area (Å²) in [7, 11) is 1.81. The monoisotopic (exact) mass is 486 g/mol. The fraction of sp³-hybridized carbons (Fsp3) is 0.421. The number of rotatable bonds is 6. The van der Waals surface area contributed by atoms with E-state index in [4.69, 9.17) is 4.74 Å². The first kappa shape index (κ1) is 21.0. The molecule has 2 N–H and O–H groups in total. The quantitative estimate of drug-likeness (QED) is 0.375. The van der Waals surface area contributed by atoms with Crippen LogP contribution < -0.4 is 15.5 Å². The summed E-state index contributed by atoms with van der Waals surface area (Å²) in [6.07, 6.45) is 1.02. The Morgan fingerprint density at radius 3 is 2.69 bits per heavy atom. The van der Waals surface area contributed by atoms with Crippen molar-refractivity contribution in [1.29, 1.82) is 0 Å². The minimum absolute atomic E-state index is 0. The third-order valence-electron chi connectivity index (χ3n) is 4.26. The molecular weight excluding hydrogens is 459 g/mol. The number of guanidine groups is 1. The van der Waals surface area contributed by atoms with E-state index < -0.39 is 0 Å². The van der Waals surface area contributed by atoms with Crippen LogP contribution in [0.5, 0.6) is 0 Å². The van der Waals surface area contributed by atoms with Crippen LogP contribution in [0.25, 0.3) is 0 Å². The molecule has 5 nitrogen and oxygen atoms in total. The van der Waals surface area contributed by atoms with Crippen molar-refractivity contribution in [2.75, 3.05) is 44.8 Å². The summed E-state index contributed by atoms with van der Waals surface area (Å²) < 4.78 is 5.47. The van der Waals surface area contributed by atoms with E-state index >= 15 is 0 Å². The van der Waals surface area contributed by atoms with E-state index in [-0.39, 0.29) is 24.0 Å². The number of thiophene rings is 1. The van der Waals surface area contributed by atoms with E-state index in [9.17, 15) is 0 Å². The lowest BCUT2D eigenvalue weighted by Gasteiger charge is -2.30. The maximum atomic E-state index is 5.47. The molecule has 3 rings (SSSR count). The van der Waals surface area contributed by atoms with Gasteiger partial charge < -0.3 is 20.3 Å². The normalized spacial score (nSPS) is 14.7. The van der Waals surface area contributed by atoms with Crippen molar-refractivity contribution in [2.24, 2.45) is 4.99 Å². The Morgan fingerprint density at radius 2 is 1.96 bits per heavy atom. The van der Waals surface area contributed by atoms with Crippen molar-refractivity contribution in [3.8, 4) is 0 Å². The van der Waals surface area contributed by atoms with Gasteiger partial charge in [0.1, 0.15) is 0 Å². The molecule has 1 saturated heterocycles. The van der Waals surface area contributed by atoms with Gasteiger partial charge in [-0.3, -0.25) is 4.99 Å². The molecule has 1 aromatic heterocycles. The Bertz CT molecular complexity index is 672. The Hall–Kier alpha value is -1.32. The molecule has 1 fully saturated rings. The second-order valence-electron chi connectivity index (χ2n) is 5.91. The Labute approximate surface area is 176 Å². The highest BCUT2D eigenvalue weighted by Crippen LogP contribution is 2.21. The number of nitrogens with zero attached hydrogens (tertiary/aromatic N) is 2. The van der Waals surface area contributed by atoms with Gasteiger partial charge in [-0.05, 0) is 29.5 Å². The van der Waals surface area contributed by atoms with E-state index in [1.807, 2.05) is 7.05 Å². The van der Waals surface area contributed by atoms with E-state index in [0.717, 1.165) is 51.8 Å². The number of hydrogen-bond donors (Lipinski definition) is 2. The summed E-state index contributed by atoms with van der Waals surface area (Å²) in [5.41, 5.74) is 2.57. The number of nitrogens with one attached hydrogen (secondary N) is 2. The molecule has 0 aliphatic carbocycles. The minimum Gasteiger partial charge on any atom is -0.378 e. The summed E-state index contributed by atoms with van der Waals surface area (Å²) in [5, 5.41) is 8.93. The maximum absolute atomic E-state index is 5.47. The predicted molar refractivity (Wildman–Crippen MR) is 121 cm³/mol. The minimum atomic E-state index is 0. The van der Waals surface area contributed by atoms with Gasteiger partial charge in [0.2, 0.25) is 0 Å². The van der Waals surface area contributed by atoms with Crippen LogP contribution in [0.4, 0.5) is 5.69 Å². The molecule has 7 heteroatoms. The maximum Gasteiger partial charge on any atom is 0.191 e. The zero-order valence-electron chi connectivity index (χ0n) is 15.1. The van der Waals surface area contributed by atoms with Crippen LogP contribution in [0.2, 0.25) is 0 Å². The topological polar surface area (TPSA) is 48.9 Å². The molecule has 142 valence electrons. The third kappa shape index (κ3) is 6.14. The molecule has 1 aliphatic rings. The molecule has 2 aromatic rings. The number of anilines is 1. The van der Waals surface area contributed by atoms with Crippen molar-refractivity contribution >= 4 is 47.0 Å². The zero-order valence-corrected chi connectivity index (χ0v) is 18.3. The van der Waals surface area contributed by atoms with Crippen LogP contribution in [0, 0.1) is 0 Å². The van der Waals surface area contributed by atoms with E-state index in [2.05, 4.69) is 62.3 Å². The van der Waals surface area contributed by atoms with Gasteiger partial charge in [-0.2, -0.15) is 0 Å². The van der Waals surface area contributed by atoms with Gasteiger partial charge in [-0.15, -0.1) is 35.3 Å². The van der Waals surface area contributed by atoms with Crippen LogP contribution in [0.15, 0.2) is 46.8 Å². The fourth-order valence-corrected chi connectivity index (χ4v) is 3.64. The molecule has 1 aromatic carbocycles. The van der Waals surface area contributed by atoms with Crippen LogP contribution in [0.3, 0.4) is 0 Å². The fourth-order valence-electron chi connectivity index (χ4n) is 2.93. The highest BCUT2D eigenvalue weighted by Gasteiger charge is 2.14. The summed E-state index contributed by atoms with van der Waals surface area (Å²) >= 11 is 1.79. The number of aliphatic imine (C=N–C) groups is 1. The lowest BCUT2D eigenvalue weighted by Crippen LogP contribution is -2.39. The summed E-state index contributed by atoms with van der Waals surface area (Å²) in [6, 6.07) is 12.8. The van der Waals surface area contributed by atoms with Gasteiger partial charge in [-0.1, -0.05) is 24.3 Å². The predicted octanol–water partition coefficient (Wildman–Crippen LogP) is 3.11. The zero-order chi connectivity index (χ0) is 17.3. The summed E-state index contributed by atoms with van der Waals surface area (Å²) in [5.74, 6) is 0.841. The van der Waals surface area contributed by atoms with Gasteiger partial charge in [0.25, 0.3) is 0 Å². The molecule has 0 radical (unpaired) electrons. The Kier molecular flexibility index (Phi) is 9.21. The van der Waals surface area contributed by atoms with Crippen LogP contribution in [0.1, 0.15) is 10.4 Å². The van der Waals surface area contributed by atoms with Crippen LogP contribution >= 0.6 is 35.3 Å². The molecule has 1 aliphatic heterocycles. The average Bonchev–Trinajstić information content (AvgIpc) is 3.19. The largest absolute Gasteiger partial charge is 0.378 e. The van der Waals surface area contributed by atoms with Crippen LogP contribution in [-0.4, -0.2) is 45.9 Å². The summed E-state index contributed by atoms with van der Waals surface area (Å²) in [6.45, 7) is 5.13. The van der Waals surface area contributed by atoms with Crippen molar-refractivity contribution in [1.82, 2.24) is 10.6 Å². The molecule has 2 heterocycles. The number of morpholine rings is 1. The highest BCUT2D eigenvalue weighted by atomic mass is 127. The van der Waals surface area contributed by atoms with Crippen molar-refractivity contribution < 1.29 is 4.74 Å². The smallest absolute Gasteiger partial charge is 0.191 e. The van der Waals surface area contributed by atoms with E-state index in [1.54, 1.807) is 11.3 Å². The number of hydrogen-bond acceptors (Lipinski definition) is 4. The first-order valence-corrected chi connectivity index (χ1v) is 9.62. The van der Waals surface area contributed by atoms with Crippen molar-refractivity contribution in [3.63, 3.8) is 0 Å². The van der Waals surface area contributed by atoms with E-state index in [1.165, 1.54) is 16.1 Å². The van der Waals surface area contributed by atoms with Crippen molar-refractivity contribution in [3.05, 3.63) is 52.2 Å². The van der Waals surface area contributed by atoms with Gasteiger partial charge >= 0.3 is 0 Å². The average molecular weight is 486 g/mol. The lowest BCUT2D eigenvalue weighted by atomic mass is 10.1. The summed E-state index contributed by atoms with van der Waals surface area (Å²) in [4.78, 5) is 8.11. The highest BCUT2D eigenvalue weighted by molar-refractivity contribution is 14.0. The van der Waals surface area contributed by atoms with Crippen molar-refractivity contribution in [2.45, 2.75) is 13.0 Å². The molecular formula is C19H27IN4OS. The lowest BCUT2D eigenvalue weighted by molar-refractivity contribution is 0.122. The van der Waals surface area contributed by atoms with Gasteiger partial charge in [-0.25, -0.2) is 0 Å². The molecule has 0 spiro atoms. The van der Waals surface area contributed by atoms with Gasteiger partial charge in [0.15, 0.2) is 5.96 Å². The standard InChI is InChI=1S/C19H26N4OS.HI/c1-20-19(21-9-8-17-6-4-14-25-17)22-15-16-5-2-3-7-18(16)23-10-12-24-13-11-23;/h2-7,14H,8-13,15H2,1H3,(H2,20,21,22);1H. The molecule has 0 bridgehead atoms. The van der Waals surface area contributed by atoms with Crippen LogP contribution in [-0.2, 0) is 17.7 Å². The third-order valence-corrected chi connectivity index (χ3v) is 5.19. The molecule has 0 amide bonds. The molecule has 0 atom stereocenters. The number of ether oxygens (including phenoxy) is 1. The number of halogens is 1. The molecule has 26 heavy (non-hydrogen) atoms. The second-order valence-corrected chi connectivity index (χ2v) is 6.94. The Balaban J connectivity index is 0.00000243. The number of benzene rings is 1. The molecule has 0 unspecified atom stereocenters. The van der Waals surface area contributed by atoms with E-state index in [0.29, 0.717) is 0 Å². The van der Waals surface area contributed by atoms with Gasteiger partial charge in [0.05, 0.1) is 13.2 Å². The Morgan fingerprint density at radius 1 is 1.15 bits per heavy atom. The first-order chi connectivity index (χ1) is 12.4. The SMILES string of the molecule is CN=C(NCCc1cccs1)NCc1ccccc1N1CCOCC1.I. The van der Waals surface area contributed by atoms with Gasteiger partial charge in [0, 0.05) is 43.8 Å². The number of para-hydroxylation sites is 1. The molecule has 0 saturated carbocycles. The first-order valence-electron chi connectivity index (χ1n) is 8.74. The second kappa shape index (κ2) is 11.4.